The summed E-state index contributed by atoms with van der Waals surface area (Å²) in [4.78, 5) is 10.2. The fourth-order valence-electron chi connectivity index (χ4n) is 2.06. The molecule has 0 aromatic heterocycles. The first kappa shape index (κ1) is 21.8. The number of nitro groups is 1. The first-order valence-corrected chi connectivity index (χ1v) is 9.87. The molecule has 0 saturated heterocycles. The Morgan fingerprint density at radius 1 is 0.786 bits per heavy atom. The molecule has 0 radical (unpaired) electrons. The van der Waals surface area contributed by atoms with E-state index in [4.69, 9.17) is 18.4 Å². The summed E-state index contributed by atoms with van der Waals surface area (Å²) in [5.74, 6) is 0.516. The standard InChI is InChI=1S/C18H21NO8S/c20-19(21)16-6-8-17(9-7-16)26-14-12-24-10-11-25-13-15-27-28(22,23)18-4-2-1-3-5-18/h1-9H,10-15H2. The first-order chi connectivity index (χ1) is 13.5. The van der Waals surface area contributed by atoms with Crippen molar-refractivity contribution < 1.29 is 31.7 Å². The van der Waals surface area contributed by atoms with Crippen LogP contribution in [0.2, 0.25) is 0 Å². The minimum atomic E-state index is -3.76. The third-order valence-electron chi connectivity index (χ3n) is 3.41. The Balaban J connectivity index is 1.48. The summed E-state index contributed by atoms with van der Waals surface area (Å²) in [6.45, 7) is 1.24. The van der Waals surface area contributed by atoms with E-state index in [1.165, 1.54) is 36.4 Å². The number of non-ortho nitro benzene ring substituents is 1. The highest BCUT2D eigenvalue weighted by atomic mass is 32.2. The lowest BCUT2D eigenvalue weighted by Gasteiger charge is -2.08. The molecule has 0 saturated carbocycles. The van der Waals surface area contributed by atoms with Crippen molar-refractivity contribution in [2.24, 2.45) is 0 Å². The van der Waals surface area contributed by atoms with Gasteiger partial charge in [-0.1, -0.05) is 18.2 Å². The average molecular weight is 411 g/mol. The fourth-order valence-corrected chi connectivity index (χ4v) is 2.98. The summed E-state index contributed by atoms with van der Waals surface area (Å²) in [6.07, 6.45) is 0. The van der Waals surface area contributed by atoms with Crippen molar-refractivity contribution in [3.63, 3.8) is 0 Å². The third-order valence-corrected chi connectivity index (χ3v) is 4.74. The summed E-state index contributed by atoms with van der Waals surface area (Å²) in [7, 11) is -3.76. The van der Waals surface area contributed by atoms with Gasteiger partial charge in [-0.05, 0) is 24.3 Å². The molecular formula is C18H21NO8S. The van der Waals surface area contributed by atoms with E-state index < -0.39 is 15.0 Å². The second-order valence-corrected chi connectivity index (χ2v) is 7.03. The van der Waals surface area contributed by atoms with Crippen LogP contribution < -0.4 is 4.74 Å². The zero-order valence-electron chi connectivity index (χ0n) is 15.1. The molecule has 0 aliphatic heterocycles. The average Bonchev–Trinajstić information content (AvgIpc) is 2.70. The van der Waals surface area contributed by atoms with Gasteiger partial charge in [-0.3, -0.25) is 14.3 Å². The number of ether oxygens (including phenoxy) is 3. The Bertz CT molecular complexity index is 824. The number of hydrogen-bond acceptors (Lipinski definition) is 8. The quantitative estimate of drug-likeness (QED) is 0.214. The molecule has 9 nitrogen and oxygen atoms in total. The normalized spacial score (nSPS) is 11.3. The Kier molecular flexibility index (Phi) is 8.82. The van der Waals surface area contributed by atoms with Crippen LogP contribution >= 0.6 is 0 Å². The highest BCUT2D eigenvalue weighted by molar-refractivity contribution is 7.86. The molecule has 2 rings (SSSR count). The third kappa shape index (κ3) is 7.61. The molecule has 0 heterocycles. The van der Waals surface area contributed by atoms with E-state index in [1.54, 1.807) is 18.2 Å². The lowest BCUT2D eigenvalue weighted by Crippen LogP contribution is -2.14. The maximum Gasteiger partial charge on any atom is 0.297 e. The summed E-state index contributed by atoms with van der Waals surface area (Å²) < 4.78 is 44.5. The molecule has 0 bridgehead atoms. The van der Waals surface area contributed by atoms with E-state index in [9.17, 15) is 18.5 Å². The van der Waals surface area contributed by atoms with Crippen molar-refractivity contribution in [1.29, 1.82) is 0 Å². The summed E-state index contributed by atoms with van der Waals surface area (Å²) in [6, 6.07) is 13.7. The van der Waals surface area contributed by atoms with Crippen molar-refractivity contribution in [2.45, 2.75) is 4.90 Å². The molecule has 10 heteroatoms. The molecule has 152 valence electrons. The molecule has 0 unspecified atom stereocenters. The lowest BCUT2D eigenvalue weighted by molar-refractivity contribution is -0.384. The second-order valence-electron chi connectivity index (χ2n) is 5.41. The van der Waals surface area contributed by atoms with E-state index in [1.807, 2.05) is 0 Å². The molecule has 0 spiro atoms. The van der Waals surface area contributed by atoms with Crippen LogP contribution in [0, 0.1) is 10.1 Å². The van der Waals surface area contributed by atoms with Gasteiger partial charge < -0.3 is 14.2 Å². The van der Waals surface area contributed by atoms with Crippen LogP contribution in [0.25, 0.3) is 0 Å². The van der Waals surface area contributed by atoms with Gasteiger partial charge >= 0.3 is 0 Å². The van der Waals surface area contributed by atoms with E-state index in [0.717, 1.165) is 0 Å². The Morgan fingerprint density at radius 3 is 1.96 bits per heavy atom. The van der Waals surface area contributed by atoms with Crippen molar-refractivity contribution in [2.75, 3.05) is 39.6 Å². The topological polar surface area (TPSA) is 114 Å². The minimum Gasteiger partial charge on any atom is -0.491 e. The number of nitro benzene ring substituents is 1. The Labute approximate surface area is 163 Å². The summed E-state index contributed by atoms with van der Waals surface area (Å²) in [5.41, 5.74) is 0.00120. The number of benzene rings is 2. The highest BCUT2D eigenvalue weighted by Gasteiger charge is 2.13. The molecule has 2 aromatic carbocycles. The fraction of sp³-hybridized carbons (Fsp3) is 0.333. The number of nitrogens with zero attached hydrogens (tertiary/aromatic N) is 1. The van der Waals surface area contributed by atoms with E-state index in [-0.39, 0.29) is 37.0 Å². The van der Waals surface area contributed by atoms with Crippen molar-refractivity contribution in [1.82, 2.24) is 0 Å². The van der Waals surface area contributed by atoms with Crippen LogP contribution in [-0.4, -0.2) is 53.0 Å². The molecule has 0 aliphatic carbocycles. The molecule has 0 atom stereocenters. The molecule has 0 aliphatic rings. The maximum atomic E-state index is 11.9. The van der Waals surface area contributed by atoms with Gasteiger partial charge in [0.05, 0.1) is 42.9 Å². The van der Waals surface area contributed by atoms with Gasteiger partial charge in [-0.2, -0.15) is 8.42 Å². The molecule has 28 heavy (non-hydrogen) atoms. The van der Waals surface area contributed by atoms with Crippen LogP contribution in [0.4, 0.5) is 5.69 Å². The smallest absolute Gasteiger partial charge is 0.297 e. The van der Waals surface area contributed by atoms with Crippen LogP contribution in [0.5, 0.6) is 5.75 Å². The highest BCUT2D eigenvalue weighted by Crippen LogP contribution is 2.17. The minimum absolute atomic E-state index is 0.00120. The van der Waals surface area contributed by atoms with Crippen molar-refractivity contribution >= 4 is 15.8 Å². The summed E-state index contributed by atoms with van der Waals surface area (Å²) in [5, 5.41) is 10.5. The second kappa shape index (κ2) is 11.3. The monoisotopic (exact) mass is 411 g/mol. The van der Waals surface area contributed by atoms with Gasteiger partial charge in [0, 0.05) is 12.1 Å². The number of rotatable bonds is 13. The molecule has 0 amide bonds. The SMILES string of the molecule is O=[N+]([O-])c1ccc(OCCOCCOCCOS(=O)(=O)c2ccccc2)cc1. The number of hydrogen-bond donors (Lipinski definition) is 0. The predicted octanol–water partition coefficient (Wildman–Crippen LogP) is 2.41. The first-order valence-electron chi connectivity index (χ1n) is 8.46. The van der Waals surface area contributed by atoms with Gasteiger partial charge in [0.25, 0.3) is 15.8 Å². The van der Waals surface area contributed by atoms with Crippen LogP contribution in [0.15, 0.2) is 59.5 Å². The van der Waals surface area contributed by atoms with Gasteiger partial charge in [-0.25, -0.2) is 0 Å². The maximum absolute atomic E-state index is 11.9. The largest absolute Gasteiger partial charge is 0.491 e. The Hall–Kier alpha value is -2.53. The summed E-state index contributed by atoms with van der Waals surface area (Å²) >= 11 is 0. The van der Waals surface area contributed by atoms with Crippen LogP contribution in [0.1, 0.15) is 0 Å². The molecule has 0 N–H and O–H groups in total. The van der Waals surface area contributed by atoms with Crippen LogP contribution in [0.3, 0.4) is 0 Å². The van der Waals surface area contributed by atoms with E-state index in [2.05, 4.69) is 0 Å². The van der Waals surface area contributed by atoms with Gasteiger partial charge in [-0.15, -0.1) is 0 Å². The molecule has 0 fully saturated rings. The molecular weight excluding hydrogens is 390 g/mol. The van der Waals surface area contributed by atoms with Gasteiger partial charge in [0.2, 0.25) is 0 Å². The van der Waals surface area contributed by atoms with Crippen molar-refractivity contribution in [3.05, 3.63) is 64.7 Å². The zero-order valence-corrected chi connectivity index (χ0v) is 15.9. The predicted molar refractivity (Wildman–Crippen MR) is 99.8 cm³/mol. The van der Waals surface area contributed by atoms with E-state index in [0.29, 0.717) is 19.0 Å². The van der Waals surface area contributed by atoms with Crippen molar-refractivity contribution in [3.8, 4) is 5.75 Å². The zero-order chi connectivity index (χ0) is 20.2. The lowest BCUT2D eigenvalue weighted by atomic mass is 10.3. The van der Waals surface area contributed by atoms with Gasteiger partial charge in [0.1, 0.15) is 12.4 Å². The molecule has 2 aromatic rings. The van der Waals surface area contributed by atoms with E-state index >= 15 is 0 Å². The Morgan fingerprint density at radius 2 is 1.36 bits per heavy atom. The van der Waals surface area contributed by atoms with Crippen LogP contribution in [-0.2, 0) is 23.8 Å². The van der Waals surface area contributed by atoms with Gasteiger partial charge in [0.15, 0.2) is 0 Å².